The van der Waals surface area contributed by atoms with Crippen LogP contribution < -0.4 is 25.8 Å². The van der Waals surface area contributed by atoms with Gasteiger partial charge in [0.25, 0.3) is 0 Å². The number of hydrogen-bond donors (Lipinski definition) is 4. The van der Waals surface area contributed by atoms with Crippen LogP contribution in [0.15, 0.2) is 95.0 Å². The molecular formula is C30H35F3N7O7P. The predicted octanol–water partition coefficient (Wildman–Crippen LogP) is 7.04. The first-order valence-electron chi connectivity index (χ1n) is 14.3. The third kappa shape index (κ3) is 15.3. The zero-order chi connectivity index (χ0) is 35.4. The highest BCUT2D eigenvalue weighted by molar-refractivity contribution is 7.55. The van der Waals surface area contributed by atoms with Crippen molar-refractivity contribution in [2.45, 2.75) is 44.1 Å². The van der Waals surface area contributed by atoms with Gasteiger partial charge in [0.05, 0.1) is 12.3 Å². The molecule has 1 amide bonds. The van der Waals surface area contributed by atoms with Crippen LogP contribution in [-0.4, -0.2) is 48.2 Å². The number of benzene rings is 3. The number of aliphatic imine (C=N–C) groups is 1. The number of carboxylic acids is 1. The van der Waals surface area contributed by atoms with Gasteiger partial charge in [-0.1, -0.05) is 66.5 Å². The van der Waals surface area contributed by atoms with E-state index in [0.717, 1.165) is 24.8 Å². The average molecular weight is 694 g/mol. The van der Waals surface area contributed by atoms with E-state index in [1.54, 1.807) is 84.9 Å². The molecule has 0 bridgehead atoms. The number of azide groups is 1. The van der Waals surface area contributed by atoms with Crippen molar-refractivity contribution in [2.75, 3.05) is 13.2 Å². The molecule has 0 aliphatic carbocycles. The van der Waals surface area contributed by atoms with Gasteiger partial charge < -0.3 is 35.7 Å². The molecule has 48 heavy (non-hydrogen) atoms. The number of carboxylic acid groups (broad SMARTS) is 1. The number of amides is 1. The Balaban J connectivity index is 0.00000103. The van der Waals surface area contributed by atoms with Crippen molar-refractivity contribution in [1.29, 1.82) is 0 Å². The lowest BCUT2D eigenvalue weighted by Crippen LogP contribution is -2.39. The number of halogens is 3. The van der Waals surface area contributed by atoms with Gasteiger partial charge in [0.15, 0.2) is 11.7 Å². The maximum atomic E-state index is 14.5. The van der Waals surface area contributed by atoms with E-state index >= 15 is 0 Å². The number of ether oxygens (including phenoxy) is 1. The second kappa shape index (κ2) is 20.0. The van der Waals surface area contributed by atoms with Crippen LogP contribution in [0.5, 0.6) is 11.5 Å². The summed E-state index contributed by atoms with van der Waals surface area (Å²) in [6.45, 7) is 0.598. The Morgan fingerprint density at radius 2 is 1.42 bits per heavy atom. The highest BCUT2D eigenvalue weighted by Gasteiger charge is 2.41. The largest absolute Gasteiger partial charge is 0.490 e. The summed E-state index contributed by atoms with van der Waals surface area (Å²) in [6, 6.07) is 24.1. The smallest absolute Gasteiger partial charge is 0.475 e. The summed E-state index contributed by atoms with van der Waals surface area (Å²) in [5, 5.41) is 13.3. The summed E-state index contributed by atoms with van der Waals surface area (Å²) in [5.74, 6) is -3.32. The molecule has 0 aliphatic heterocycles. The number of rotatable bonds is 16. The first-order chi connectivity index (χ1) is 22.8. The monoisotopic (exact) mass is 693 g/mol. The number of carbonyl (C=O) groups excluding carboxylic acids is 1. The van der Waals surface area contributed by atoms with Gasteiger partial charge in [0.2, 0.25) is 0 Å². The van der Waals surface area contributed by atoms with Crippen LogP contribution in [0, 0.1) is 0 Å². The van der Waals surface area contributed by atoms with E-state index in [2.05, 4.69) is 20.3 Å². The number of guanidine groups is 1. The fraction of sp³-hybridized carbons (Fsp3) is 0.300. The molecule has 258 valence electrons. The topological polar surface area (TPSA) is 224 Å². The quantitative estimate of drug-likeness (QED) is 0.0229. The summed E-state index contributed by atoms with van der Waals surface area (Å²) in [7, 11) is -4.11. The Morgan fingerprint density at radius 3 is 1.90 bits per heavy atom. The molecule has 1 unspecified atom stereocenters. The first-order valence-corrected chi connectivity index (χ1v) is 16.0. The summed E-state index contributed by atoms with van der Waals surface area (Å²) in [5.41, 5.74) is 20.5. The molecule has 0 saturated carbocycles. The first kappa shape index (κ1) is 38.8. The van der Waals surface area contributed by atoms with Gasteiger partial charge in [-0.05, 0) is 60.3 Å². The SMILES string of the molecule is O=C(O)C(F)(F)F.[N-]=[N+]=NCCCCCCOC(=O)NC(Cc1ccc(N=C(N)N)cc1)P(=O)(Oc1ccccc1)Oc1ccccc1. The maximum absolute atomic E-state index is 14.5. The number of nitrogens with zero attached hydrogens (tertiary/aromatic N) is 4. The minimum absolute atomic E-state index is 0.0762. The van der Waals surface area contributed by atoms with Gasteiger partial charge in [-0.25, -0.2) is 19.1 Å². The van der Waals surface area contributed by atoms with E-state index in [1.807, 2.05) is 0 Å². The van der Waals surface area contributed by atoms with Crippen molar-refractivity contribution in [1.82, 2.24) is 5.32 Å². The van der Waals surface area contributed by atoms with Crippen LogP contribution in [0.4, 0.5) is 23.7 Å². The average Bonchev–Trinajstić information content (AvgIpc) is 3.03. The van der Waals surface area contributed by atoms with Gasteiger partial charge in [0.1, 0.15) is 11.5 Å². The van der Waals surface area contributed by atoms with E-state index in [4.69, 9.17) is 40.7 Å². The lowest BCUT2D eigenvalue weighted by Gasteiger charge is -2.28. The van der Waals surface area contributed by atoms with E-state index in [-0.39, 0.29) is 19.0 Å². The second-order valence-electron chi connectivity index (χ2n) is 9.72. The van der Waals surface area contributed by atoms with E-state index in [1.165, 1.54) is 0 Å². The molecule has 0 radical (unpaired) electrons. The van der Waals surface area contributed by atoms with Gasteiger partial charge in [-0.2, -0.15) is 13.2 Å². The molecule has 0 heterocycles. The minimum Gasteiger partial charge on any atom is -0.475 e. The van der Waals surface area contributed by atoms with Crippen molar-refractivity contribution in [2.24, 2.45) is 21.6 Å². The van der Waals surface area contributed by atoms with Crippen LogP contribution in [0.1, 0.15) is 31.2 Å². The van der Waals surface area contributed by atoms with Gasteiger partial charge in [-0.15, -0.1) is 0 Å². The molecule has 3 rings (SSSR count). The molecule has 0 saturated heterocycles. The molecular weight excluding hydrogens is 658 g/mol. The molecule has 0 spiro atoms. The van der Waals surface area contributed by atoms with Crippen molar-refractivity contribution in [3.05, 3.63) is 101 Å². The molecule has 18 heteroatoms. The molecule has 6 N–H and O–H groups in total. The Labute approximate surface area is 274 Å². The molecule has 0 aliphatic rings. The number of nitrogens with one attached hydrogen (secondary N) is 1. The highest BCUT2D eigenvalue weighted by Crippen LogP contribution is 2.53. The summed E-state index contributed by atoms with van der Waals surface area (Å²) in [4.78, 5) is 28.5. The molecule has 3 aromatic carbocycles. The summed E-state index contributed by atoms with van der Waals surface area (Å²) in [6.07, 6.45) is -2.72. The normalized spacial score (nSPS) is 11.4. The maximum Gasteiger partial charge on any atom is 0.490 e. The van der Waals surface area contributed by atoms with Crippen molar-refractivity contribution in [3.63, 3.8) is 0 Å². The van der Waals surface area contributed by atoms with Crippen LogP contribution in [0.2, 0.25) is 0 Å². The summed E-state index contributed by atoms with van der Waals surface area (Å²) >= 11 is 0. The number of unbranched alkanes of at least 4 members (excludes halogenated alkanes) is 3. The lowest BCUT2D eigenvalue weighted by atomic mass is 10.1. The minimum atomic E-state index is -5.08. The Morgan fingerprint density at radius 1 is 0.896 bits per heavy atom. The number of hydrogen-bond acceptors (Lipinski definition) is 8. The van der Waals surface area contributed by atoms with Gasteiger partial charge >= 0.3 is 25.8 Å². The van der Waals surface area contributed by atoms with E-state index in [9.17, 15) is 22.5 Å². The fourth-order valence-corrected chi connectivity index (χ4v) is 5.57. The van der Waals surface area contributed by atoms with Crippen molar-refractivity contribution in [3.8, 4) is 11.5 Å². The van der Waals surface area contributed by atoms with Crippen molar-refractivity contribution >= 4 is 31.3 Å². The lowest BCUT2D eigenvalue weighted by molar-refractivity contribution is -0.192. The second-order valence-corrected chi connectivity index (χ2v) is 11.8. The number of alkyl carbamates (subject to hydrolysis) is 1. The molecule has 1 atom stereocenters. The Kier molecular flexibility index (Phi) is 16.1. The molecule has 14 nitrogen and oxygen atoms in total. The van der Waals surface area contributed by atoms with Crippen LogP contribution in [0.25, 0.3) is 10.4 Å². The van der Waals surface area contributed by atoms with Crippen LogP contribution in [0.3, 0.4) is 0 Å². The third-order valence-electron chi connectivity index (χ3n) is 5.93. The zero-order valence-corrected chi connectivity index (χ0v) is 26.4. The number of para-hydroxylation sites is 2. The van der Waals surface area contributed by atoms with Gasteiger partial charge in [0, 0.05) is 17.9 Å². The fourth-order valence-electron chi connectivity index (χ4n) is 3.75. The third-order valence-corrected chi connectivity index (χ3v) is 7.94. The highest BCUT2D eigenvalue weighted by atomic mass is 31.2. The number of carbonyl (C=O) groups is 2. The molecule has 0 aromatic heterocycles. The Bertz CT molecular complexity index is 1510. The Hall–Kier alpha value is -5.40. The number of alkyl halides is 3. The van der Waals surface area contributed by atoms with Crippen LogP contribution in [-0.2, 0) is 20.5 Å². The van der Waals surface area contributed by atoms with Crippen LogP contribution >= 0.6 is 7.60 Å². The van der Waals surface area contributed by atoms with Crippen molar-refractivity contribution < 1.29 is 46.2 Å². The summed E-state index contributed by atoms with van der Waals surface area (Å²) < 4.78 is 63.6. The zero-order valence-electron chi connectivity index (χ0n) is 25.5. The van der Waals surface area contributed by atoms with E-state index < -0.39 is 31.6 Å². The van der Waals surface area contributed by atoms with Gasteiger partial charge in [-0.3, -0.25) is 0 Å². The predicted molar refractivity (Wildman–Crippen MR) is 172 cm³/mol. The number of aliphatic carboxylic acids is 1. The standard InChI is InChI=1S/C28H34N7O5P.C2HF3O2/c29-27(30)33-23-17-15-22(16-18-23)21-26(34-28(36)38-20-10-2-1-9-19-32-35-31)41(37,39-24-11-5-3-6-12-24)40-25-13-7-4-8-14-25;3-2(4,5)1(6)7/h3-8,11-18,26H,1-2,9-10,19-21H2,(H,34,36)(H4,29,30,33);(H,6,7). The van der Waals surface area contributed by atoms with E-state index in [0.29, 0.717) is 30.2 Å². The molecule has 0 fully saturated rings. The number of nitrogens with two attached hydrogens (primary N) is 2. The molecule has 3 aromatic rings.